The van der Waals surface area contributed by atoms with Crippen LogP contribution in [0.4, 0.5) is 0 Å². The van der Waals surface area contributed by atoms with Gasteiger partial charge in [0, 0.05) is 86.1 Å². The summed E-state index contributed by atoms with van der Waals surface area (Å²) in [5.74, 6) is 0. The summed E-state index contributed by atoms with van der Waals surface area (Å²) < 4.78 is 0. The van der Waals surface area contributed by atoms with E-state index >= 15 is 0 Å². The molecule has 0 unspecified atom stereocenters. The minimum Gasteiger partial charge on any atom is 0 e. The molecule has 0 bridgehead atoms. The van der Waals surface area contributed by atoms with Crippen molar-refractivity contribution in [2.75, 3.05) is 0 Å². The van der Waals surface area contributed by atoms with E-state index in [1.54, 1.807) is 0 Å². The molecule has 0 saturated heterocycles. The molecule has 0 aliphatic carbocycles. The molecule has 0 fully saturated rings. The van der Waals surface area contributed by atoms with Crippen molar-refractivity contribution >= 4 is 86.1 Å². The van der Waals surface area contributed by atoms with E-state index in [4.69, 9.17) is 46.4 Å². The predicted octanol–water partition coefficient (Wildman–Crippen LogP) is -4.57. The molecule has 36 valence electrons. The number of hydrogen-bond donors (Lipinski definition) is 0. The van der Waals surface area contributed by atoms with E-state index in [2.05, 4.69) is 0 Å². The molecule has 0 aliphatic rings. The smallest absolute Gasteiger partial charge is 0 e. The van der Waals surface area contributed by atoms with Gasteiger partial charge in [-0.25, -0.2) is 0 Å². The molecule has 0 N–H and O–H groups in total. The molecule has 0 amide bonds. The molecule has 0 aromatic heterocycles. The van der Waals surface area contributed by atoms with E-state index in [0.29, 0.717) is 0 Å². The molecule has 12 heavy (non-hydrogen) atoms. The van der Waals surface area contributed by atoms with Gasteiger partial charge >= 0.3 is 0 Å². The minimum absolute atomic E-state index is 0.333. The monoisotopic (exact) mass is 132 g/mol. The molecule has 0 atom stereocenters. The van der Waals surface area contributed by atoms with Crippen molar-refractivity contribution in [2.45, 2.75) is 0 Å². The first kappa shape index (κ1) is 12.8. The topological polar surface area (TPSA) is 0 Å². The first-order valence-corrected chi connectivity index (χ1v) is 3.67. The lowest BCUT2D eigenvalue weighted by molar-refractivity contribution is 3.48. The number of hydrogen-bond acceptors (Lipinski definition) is 0. The van der Waals surface area contributed by atoms with Crippen LogP contribution in [0.15, 0.2) is 0 Å². The summed E-state index contributed by atoms with van der Waals surface area (Å²) in [6.07, 6.45) is -1.85. The highest BCUT2D eigenvalue weighted by molar-refractivity contribution is 8.03. The third-order valence-corrected chi connectivity index (χ3v) is 1.78. The van der Waals surface area contributed by atoms with Gasteiger partial charge in [0.2, 0.25) is 0 Å². The van der Waals surface area contributed by atoms with E-state index in [-0.39, 0.29) is 6.39 Å². The van der Waals surface area contributed by atoms with Crippen LogP contribution in [0, 0.1) is 0 Å². The lowest BCUT2D eigenvalue weighted by atomic mass is 8.54. The van der Waals surface area contributed by atoms with E-state index < -0.39 is 19.2 Å². The van der Waals surface area contributed by atoms with E-state index in [1.807, 2.05) is 0 Å². The highest BCUT2D eigenvalue weighted by atomic mass is 13.1. The second-order valence-corrected chi connectivity index (χ2v) is 2.69. The summed E-state index contributed by atoms with van der Waals surface area (Å²) >= 11 is 0. The van der Waals surface area contributed by atoms with Crippen molar-refractivity contribution in [3.05, 3.63) is 0 Å². The Balaban J connectivity index is 4.21. The molecule has 14 radical (unpaired) electrons. The van der Waals surface area contributed by atoms with Gasteiger partial charge in [0.15, 0.2) is 0 Å². The van der Waals surface area contributed by atoms with Crippen molar-refractivity contribution in [1.82, 2.24) is 0 Å². The fraction of sp³-hybridized carbons (Fsp3) is 0. The molecule has 0 nitrogen and oxygen atoms in total. The fourth-order valence-electron chi connectivity index (χ4n) is 1.03. The molecule has 0 aliphatic heterocycles. The Morgan fingerprint density at radius 3 is 1.25 bits per heavy atom. The Hall–Kier alpha value is 0.779. The average molecular weight is 130 g/mol. The van der Waals surface area contributed by atoms with Crippen LogP contribution in [0.2, 0.25) is 0 Å². The zero-order valence-electron chi connectivity index (χ0n) is 6.93. The second kappa shape index (κ2) is 6.27. The van der Waals surface area contributed by atoms with Crippen LogP contribution < -0.4 is 0 Å². The van der Waals surface area contributed by atoms with Crippen LogP contribution in [0.25, 0.3) is 0 Å². The maximum atomic E-state index is 5.60. The highest BCUT2D eigenvalue weighted by Gasteiger charge is 2.28. The fourth-order valence-corrected chi connectivity index (χ4v) is 1.03. The molecule has 0 rings (SSSR count). The Kier molecular flexibility index (Phi) is 6.67. The maximum Gasteiger partial charge on any atom is 0 e. The molecule has 12 heteroatoms. The zero-order valence-corrected chi connectivity index (χ0v) is 6.93. The van der Waals surface area contributed by atoms with Gasteiger partial charge in [-0.15, -0.1) is 0 Å². The Bertz CT molecular complexity index is 94.6. The minimum atomic E-state index is -0.630. The molecular weight excluding hydrogens is 130 g/mol. The van der Waals surface area contributed by atoms with Crippen molar-refractivity contribution in [2.24, 2.45) is 0 Å². The lowest BCUT2D eigenvalue weighted by Crippen LogP contribution is -2.65. The first-order chi connectivity index (χ1) is 5.54. The summed E-state index contributed by atoms with van der Waals surface area (Å²) in [5, 5.41) is 0. The molecule has 0 saturated carbocycles. The van der Waals surface area contributed by atoms with E-state index in [0.717, 1.165) is 0 Å². The predicted molar refractivity (Wildman–Crippen MR) is 69.0 cm³/mol. The van der Waals surface area contributed by atoms with Crippen LogP contribution in [-0.2, 0) is 0 Å². The van der Waals surface area contributed by atoms with Crippen LogP contribution in [0.1, 0.15) is 0 Å². The molecule has 0 spiro atoms. The van der Waals surface area contributed by atoms with Crippen LogP contribution in [0.5, 0.6) is 0 Å². The van der Waals surface area contributed by atoms with Gasteiger partial charge in [-0.1, -0.05) is 0 Å². The highest BCUT2D eigenvalue weighted by Crippen LogP contribution is 1.90. The summed E-state index contributed by atoms with van der Waals surface area (Å²) in [4.78, 5) is 0. The van der Waals surface area contributed by atoms with E-state index in [9.17, 15) is 0 Å². The van der Waals surface area contributed by atoms with E-state index in [1.165, 1.54) is 14.1 Å². The van der Waals surface area contributed by atoms with Crippen LogP contribution in [-0.4, -0.2) is 86.1 Å². The molecule has 0 heterocycles. The van der Waals surface area contributed by atoms with Gasteiger partial charge in [0.05, 0.1) is 0 Å². The SMILES string of the molecule is [B][B]B([B])B(B([B])[B])B([B])[B][B]. The summed E-state index contributed by atoms with van der Waals surface area (Å²) in [6, 6.07) is 0. The largest absolute Gasteiger partial charge is 0 e. The summed E-state index contributed by atoms with van der Waals surface area (Å²) in [6.45, 7) is 0. The summed E-state index contributed by atoms with van der Waals surface area (Å²) in [7, 11) is 35.2. The van der Waals surface area contributed by atoms with Crippen LogP contribution >= 0.6 is 0 Å². The van der Waals surface area contributed by atoms with Crippen LogP contribution in [0.3, 0.4) is 0 Å². The molecular formula is B12. The van der Waals surface area contributed by atoms with Gasteiger partial charge in [-0.05, 0) is 0 Å². The Morgan fingerprint density at radius 1 is 0.750 bits per heavy atom. The maximum absolute atomic E-state index is 5.60. The zero-order chi connectivity index (χ0) is 9.72. The second-order valence-electron chi connectivity index (χ2n) is 2.69. The van der Waals surface area contributed by atoms with Crippen molar-refractivity contribution < 1.29 is 0 Å². The van der Waals surface area contributed by atoms with Gasteiger partial charge in [0.25, 0.3) is 0 Å². The number of rotatable bonds is 5. The first-order valence-electron chi connectivity index (χ1n) is 3.67. The Labute approximate surface area is 86.4 Å². The van der Waals surface area contributed by atoms with Crippen molar-refractivity contribution in [1.29, 1.82) is 0 Å². The third-order valence-electron chi connectivity index (χ3n) is 1.78. The van der Waals surface area contributed by atoms with Crippen molar-refractivity contribution in [3.63, 3.8) is 0 Å². The molecule has 0 aromatic rings. The standard InChI is InChI=1S/B12/c1-7-10(5)12(9(3)4)11(6)8-2. The third kappa shape index (κ3) is 3.66. The van der Waals surface area contributed by atoms with Gasteiger partial charge in [-0.3, -0.25) is 0 Å². The molecule has 0 aromatic carbocycles. The average Bonchev–Trinajstić information content (AvgIpc) is 2.03. The van der Waals surface area contributed by atoms with Crippen molar-refractivity contribution in [3.8, 4) is 0 Å². The quantitative estimate of drug-likeness (QED) is 0.328. The van der Waals surface area contributed by atoms with Gasteiger partial charge < -0.3 is 0 Å². The Morgan fingerprint density at radius 2 is 1.08 bits per heavy atom. The summed E-state index contributed by atoms with van der Waals surface area (Å²) in [5.41, 5.74) is 0. The van der Waals surface area contributed by atoms with Gasteiger partial charge in [-0.2, -0.15) is 0 Å². The normalized spacial score (nSPS) is 8.33. The lowest BCUT2D eigenvalue weighted by Gasteiger charge is -2.27. The van der Waals surface area contributed by atoms with Gasteiger partial charge in [0.1, 0.15) is 0 Å².